The summed E-state index contributed by atoms with van der Waals surface area (Å²) in [6.07, 6.45) is 4.45. The first-order valence-electron chi connectivity index (χ1n) is 6.65. The van der Waals surface area contributed by atoms with Gasteiger partial charge in [0, 0.05) is 20.5 Å². The van der Waals surface area contributed by atoms with E-state index in [-0.39, 0.29) is 17.1 Å². The van der Waals surface area contributed by atoms with E-state index in [0.29, 0.717) is 6.42 Å². The van der Waals surface area contributed by atoms with Crippen molar-refractivity contribution < 1.29 is 4.79 Å². The van der Waals surface area contributed by atoms with Gasteiger partial charge in [-0.05, 0) is 6.42 Å². The number of carbonyl (C=O) groups excluding carboxylic acids is 1. The smallest absolute Gasteiger partial charge is 0.279 e. The van der Waals surface area contributed by atoms with E-state index in [1.165, 1.54) is 29.6 Å². The maximum atomic E-state index is 12.2. The fourth-order valence-electron chi connectivity index (χ4n) is 2.18. The molecule has 0 aromatic carbocycles. The molecule has 0 N–H and O–H groups in total. The lowest BCUT2D eigenvalue weighted by atomic mass is 10.2. The van der Waals surface area contributed by atoms with Gasteiger partial charge in [0.1, 0.15) is 6.33 Å². The van der Waals surface area contributed by atoms with Crippen molar-refractivity contribution >= 4 is 17.1 Å². The molecule has 2 aromatic rings. The molecule has 0 spiro atoms. The summed E-state index contributed by atoms with van der Waals surface area (Å²) in [5, 5.41) is 0. The highest BCUT2D eigenvalue weighted by Gasteiger charge is 2.17. The molecule has 0 aliphatic rings. The third-order valence-electron chi connectivity index (χ3n) is 3.41. The van der Waals surface area contributed by atoms with Crippen LogP contribution in [0.4, 0.5) is 0 Å². The van der Waals surface area contributed by atoms with Crippen LogP contribution in [-0.4, -0.2) is 24.6 Å². The number of aryl methyl sites for hydroxylation is 1. The maximum Gasteiger partial charge on any atom is 0.332 e. The molecule has 0 radical (unpaired) electrons. The lowest BCUT2D eigenvalue weighted by Gasteiger charge is -2.05. The molecule has 108 valence electrons. The Morgan fingerprint density at radius 3 is 2.55 bits per heavy atom. The molecule has 0 fully saturated rings. The molecule has 0 saturated heterocycles. The Bertz CT molecular complexity index is 766. The van der Waals surface area contributed by atoms with Gasteiger partial charge in [-0.25, -0.2) is 9.78 Å². The first-order valence-corrected chi connectivity index (χ1v) is 6.65. The van der Waals surface area contributed by atoms with E-state index >= 15 is 0 Å². The number of carbonyl (C=O) groups is 1. The predicted molar refractivity (Wildman–Crippen MR) is 75.0 cm³/mol. The number of nitrogens with zero attached hydrogens (tertiary/aromatic N) is 4. The van der Waals surface area contributed by atoms with E-state index in [0.717, 1.165) is 23.8 Å². The fraction of sp³-hybridized carbons (Fsp3) is 0.538. The minimum Gasteiger partial charge on any atom is -0.279 e. The third kappa shape index (κ3) is 2.19. The zero-order valence-corrected chi connectivity index (χ0v) is 11.9. The maximum absolute atomic E-state index is 12.2. The number of hydrogen-bond acceptors (Lipinski definition) is 4. The van der Waals surface area contributed by atoms with Gasteiger partial charge in [0.25, 0.3) is 5.56 Å². The highest BCUT2D eigenvalue weighted by Crippen LogP contribution is 2.08. The average Bonchev–Trinajstić information content (AvgIpc) is 2.88. The Balaban J connectivity index is 2.55. The number of hydrogen-bond donors (Lipinski definition) is 0. The van der Waals surface area contributed by atoms with Crippen LogP contribution in [0.15, 0.2) is 15.9 Å². The first-order chi connectivity index (χ1) is 9.49. The average molecular weight is 278 g/mol. The van der Waals surface area contributed by atoms with Gasteiger partial charge in [0.15, 0.2) is 11.2 Å². The SMILES string of the molecule is CCCCCC(=O)n1cnc2c1c(=O)n(C)c(=O)n2C. The number of rotatable bonds is 4. The van der Waals surface area contributed by atoms with Gasteiger partial charge in [0.2, 0.25) is 5.91 Å². The second-order valence-electron chi connectivity index (χ2n) is 4.84. The molecule has 7 heteroatoms. The van der Waals surface area contributed by atoms with Gasteiger partial charge in [0.05, 0.1) is 0 Å². The molecule has 0 bridgehead atoms. The Morgan fingerprint density at radius 1 is 1.20 bits per heavy atom. The summed E-state index contributed by atoms with van der Waals surface area (Å²) in [6, 6.07) is 0. The summed E-state index contributed by atoms with van der Waals surface area (Å²) in [4.78, 5) is 40.1. The van der Waals surface area contributed by atoms with Crippen LogP contribution < -0.4 is 11.2 Å². The molecule has 0 aliphatic carbocycles. The quantitative estimate of drug-likeness (QED) is 0.769. The topological polar surface area (TPSA) is 78.9 Å². The molecule has 2 heterocycles. The van der Waals surface area contributed by atoms with Crippen LogP contribution >= 0.6 is 0 Å². The third-order valence-corrected chi connectivity index (χ3v) is 3.41. The number of unbranched alkanes of at least 4 members (excludes halogenated alkanes) is 2. The Morgan fingerprint density at radius 2 is 1.90 bits per heavy atom. The van der Waals surface area contributed by atoms with E-state index < -0.39 is 11.2 Å². The van der Waals surface area contributed by atoms with Crippen LogP contribution in [0, 0.1) is 0 Å². The highest BCUT2D eigenvalue weighted by molar-refractivity contribution is 5.88. The molecule has 0 amide bonds. The van der Waals surface area contributed by atoms with Gasteiger partial charge >= 0.3 is 5.69 Å². The Labute approximate surface area is 115 Å². The van der Waals surface area contributed by atoms with E-state index in [2.05, 4.69) is 11.9 Å². The summed E-state index contributed by atoms with van der Waals surface area (Å²) in [5.74, 6) is -0.170. The molecule has 0 saturated carbocycles. The first kappa shape index (κ1) is 14.2. The van der Waals surface area contributed by atoms with Crippen LogP contribution in [0.25, 0.3) is 11.2 Å². The van der Waals surface area contributed by atoms with E-state index in [9.17, 15) is 14.4 Å². The van der Waals surface area contributed by atoms with Crippen LogP contribution in [-0.2, 0) is 14.1 Å². The largest absolute Gasteiger partial charge is 0.332 e. The van der Waals surface area contributed by atoms with Crippen molar-refractivity contribution in [2.45, 2.75) is 32.6 Å². The van der Waals surface area contributed by atoms with Gasteiger partial charge in [-0.1, -0.05) is 19.8 Å². The van der Waals surface area contributed by atoms with Gasteiger partial charge < -0.3 is 0 Å². The second-order valence-corrected chi connectivity index (χ2v) is 4.84. The monoisotopic (exact) mass is 278 g/mol. The van der Waals surface area contributed by atoms with Crippen molar-refractivity contribution in [2.75, 3.05) is 0 Å². The minimum atomic E-state index is -0.496. The van der Waals surface area contributed by atoms with Crippen LogP contribution in [0.1, 0.15) is 37.4 Å². The minimum absolute atomic E-state index is 0.163. The molecule has 0 atom stereocenters. The molecule has 2 rings (SSSR count). The normalized spacial score (nSPS) is 11.2. The molecule has 7 nitrogen and oxygen atoms in total. The zero-order valence-electron chi connectivity index (χ0n) is 11.9. The van der Waals surface area contributed by atoms with Gasteiger partial charge in [-0.3, -0.25) is 23.3 Å². The summed E-state index contributed by atoms with van der Waals surface area (Å²) >= 11 is 0. The lowest BCUT2D eigenvalue weighted by Crippen LogP contribution is -2.38. The molecular formula is C13H18N4O3. The molecule has 20 heavy (non-hydrogen) atoms. The van der Waals surface area contributed by atoms with Crippen molar-refractivity contribution in [1.82, 2.24) is 18.7 Å². The highest BCUT2D eigenvalue weighted by atomic mass is 16.2. The summed E-state index contributed by atoms with van der Waals surface area (Å²) in [6.45, 7) is 2.06. The summed E-state index contributed by atoms with van der Waals surface area (Å²) in [7, 11) is 2.92. The molecule has 0 aliphatic heterocycles. The van der Waals surface area contributed by atoms with Crippen molar-refractivity contribution in [3.8, 4) is 0 Å². The second kappa shape index (κ2) is 5.44. The Kier molecular flexibility index (Phi) is 3.87. The predicted octanol–water partition coefficient (Wildman–Crippen LogP) is 0.654. The van der Waals surface area contributed by atoms with E-state index in [1.807, 2.05) is 0 Å². The number of fused-ring (bicyclic) bond motifs is 1. The Hall–Kier alpha value is -2.18. The molecular weight excluding hydrogens is 260 g/mol. The fourth-order valence-corrected chi connectivity index (χ4v) is 2.18. The molecule has 2 aromatic heterocycles. The van der Waals surface area contributed by atoms with Crippen LogP contribution in [0.3, 0.4) is 0 Å². The van der Waals surface area contributed by atoms with Crippen molar-refractivity contribution in [1.29, 1.82) is 0 Å². The van der Waals surface area contributed by atoms with Crippen molar-refractivity contribution in [3.05, 3.63) is 27.2 Å². The van der Waals surface area contributed by atoms with Crippen molar-refractivity contribution in [3.63, 3.8) is 0 Å². The zero-order chi connectivity index (χ0) is 14.9. The molecule has 0 unspecified atom stereocenters. The summed E-state index contributed by atoms with van der Waals surface area (Å²) < 4.78 is 3.51. The van der Waals surface area contributed by atoms with Gasteiger partial charge in [-0.15, -0.1) is 0 Å². The van der Waals surface area contributed by atoms with E-state index in [4.69, 9.17) is 0 Å². The van der Waals surface area contributed by atoms with Crippen LogP contribution in [0.2, 0.25) is 0 Å². The van der Waals surface area contributed by atoms with Gasteiger partial charge in [-0.2, -0.15) is 0 Å². The van der Waals surface area contributed by atoms with E-state index in [1.54, 1.807) is 0 Å². The summed E-state index contributed by atoms with van der Waals surface area (Å²) in [5.41, 5.74) is -0.548. The lowest BCUT2D eigenvalue weighted by molar-refractivity contribution is 0.0903. The van der Waals surface area contributed by atoms with Crippen LogP contribution in [0.5, 0.6) is 0 Å². The van der Waals surface area contributed by atoms with Crippen molar-refractivity contribution in [2.24, 2.45) is 14.1 Å². The number of aromatic nitrogens is 4. The number of imidazole rings is 1. The standard InChI is InChI=1S/C13H18N4O3/c1-4-5-6-7-9(18)17-8-14-11-10(17)12(19)16(3)13(20)15(11)2/h8H,4-7H2,1-3H3.